The van der Waals surface area contributed by atoms with Gasteiger partial charge in [-0.2, -0.15) is 0 Å². The van der Waals surface area contributed by atoms with Gasteiger partial charge in [-0.25, -0.2) is 0 Å². The van der Waals surface area contributed by atoms with Crippen LogP contribution in [0.4, 0.5) is 0 Å². The van der Waals surface area contributed by atoms with E-state index in [0.717, 1.165) is 18.8 Å². The van der Waals surface area contributed by atoms with Gasteiger partial charge >= 0.3 is 0 Å². The van der Waals surface area contributed by atoms with Crippen LogP contribution in [0.5, 0.6) is 0 Å². The molecule has 1 aliphatic rings. The van der Waals surface area contributed by atoms with E-state index in [9.17, 15) is 4.79 Å². The summed E-state index contributed by atoms with van der Waals surface area (Å²) < 4.78 is 0. The van der Waals surface area contributed by atoms with Crippen LogP contribution in [0.1, 0.15) is 58.3 Å². The normalized spacial score (nSPS) is 25.4. The molecule has 16 heavy (non-hydrogen) atoms. The summed E-state index contributed by atoms with van der Waals surface area (Å²) >= 11 is 0. The maximum atomic E-state index is 11.4. The van der Waals surface area contributed by atoms with Crippen molar-refractivity contribution in [2.24, 2.45) is 11.7 Å². The SMILES string of the molecule is CCCCC1CCC(NC(=O)CCN)CC1. The molecule has 3 N–H and O–H groups in total. The highest BCUT2D eigenvalue weighted by atomic mass is 16.1. The molecule has 3 heteroatoms. The first-order chi connectivity index (χ1) is 7.76. The third kappa shape index (κ3) is 4.97. The summed E-state index contributed by atoms with van der Waals surface area (Å²) in [4.78, 5) is 11.4. The Morgan fingerprint density at radius 1 is 1.31 bits per heavy atom. The van der Waals surface area contributed by atoms with Crippen LogP contribution in [-0.2, 0) is 4.79 Å². The molecule has 1 rings (SSSR count). The molecule has 94 valence electrons. The second-order valence-electron chi connectivity index (χ2n) is 4.97. The summed E-state index contributed by atoms with van der Waals surface area (Å²) in [5.41, 5.74) is 5.35. The third-order valence-corrected chi connectivity index (χ3v) is 3.55. The van der Waals surface area contributed by atoms with Crippen LogP contribution in [0.2, 0.25) is 0 Å². The average Bonchev–Trinajstić information content (AvgIpc) is 2.28. The molecule has 3 nitrogen and oxygen atoms in total. The Kier molecular flexibility index (Phi) is 6.46. The van der Waals surface area contributed by atoms with Crippen molar-refractivity contribution in [3.05, 3.63) is 0 Å². The number of amides is 1. The van der Waals surface area contributed by atoms with Crippen molar-refractivity contribution in [2.45, 2.75) is 64.3 Å². The zero-order chi connectivity index (χ0) is 11.8. The maximum absolute atomic E-state index is 11.4. The molecule has 1 aliphatic carbocycles. The highest BCUT2D eigenvalue weighted by Gasteiger charge is 2.21. The number of nitrogens with one attached hydrogen (secondary N) is 1. The van der Waals surface area contributed by atoms with Gasteiger partial charge in [-0.15, -0.1) is 0 Å². The molecule has 0 saturated heterocycles. The first kappa shape index (κ1) is 13.5. The first-order valence-corrected chi connectivity index (χ1v) is 6.75. The van der Waals surface area contributed by atoms with Gasteiger partial charge in [-0.05, 0) is 31.6 Å². The molecular weight excluding hydrogens is 200 g/mol. The molecule has 0 atom stereocenters. The van der Waals surface area contributed by atoms with E-state index in [4.69, 9.17) is 5.73 Å². The van der Waals surface area contributed by atoms with E-state index < -0.39 is 0 Å². The Morgan fingerprint density at radius 3 is 2.56 bits per heavy atom. The quantitative estimate of drug-likeness (QED) is 0.729. The Morgan fingerprint density at radius 2 is 2.00 bits per heavy atom. The van der Waals surface area contributed by atoms with Crippen LogP contribution >= 0.6 is 0 Å². The summed E-state index contributed by atoms with van der Waals surface area (Å²) in [6.07, 6.45) is 9.38. The minimum Gasteiger partial charge on any atom is -0.353 e. The fourth-order valence-corrected chi connectivity index (χ4v) is 2.52. The molecule has 0 heterocycles. The Labute approximate surface area is 99.2 Å². The van der Waals surface area contributed by atoms with Crippen LogP contribution in [0, 0.1) is 5.92 Å². The van der Waals surface area contributed by atoms with Crippen molar-refractivity contribution in [1.29, 1.82) is 0 Å². The van der Waals surface area contributed by atoms with Gasteiger partial charge in [-0.1, -0.05) is 26.2 Å². The molecule has 0 spiro atoms. The highest BCUT2D eigenvalue weighted by molar-refractivity contribution is 5.76. The van der Waals surface area contributed by atoms with Crippen LogP contribution in [0.3, 0.4) is 0 Å². The smallest absolute Gasteiger partial charge is 0.221 e. The van der Waals surface area contributed by atoms with Gasteiger partial charge in [0.2, 0.25) is 5.91 Å². The molecule has 0 aromatic rings. The predicted molar refractivity (Wildman–Crippen MR) is 67.1 cm³/mol. The number of carbonyl (C=O) groups excluding carboxylic acids is 1. The topological polar surface area (TPSA) is 55.1 Å². The van der Waals surface area contributed by atoms with Crippen molar-refractivity contribution >= 4 is 5.91 Å². The standard InChI is InChI=1S/C13H26N2O/c1-2-3-4-11-5-7-12(8-6-11)15-13(16)9-10-14/h11-12H,2-10,14H2,1H3,(H,15,16). The lowest BCUT2D eigenvalue weighted by Gasteiger charge is -2.29. The van der Waals surface area contributed by atoms with Crippen molar-refractivity contribution in [3.8, 4) is 0 Å². The number of nitrogens with two attached hydrogens (primary N) is 1. The van der Waals surface area contributed by atoms with E-state index in [2.05, 4.69) is 12.2 Å². The second-order valence-corrected chi connectivity index (χ2v) is 4.97. The Balaban J connectivity index is 2.14. The van der Waals surface area contributed by atoms with E-state index >= 15 is 0 Å². The van der Waals surface area contributed by atoms with Crippen molar-refractivity contribution < 1.29 is 4.79 Å². The summed E-state index contributed by atoms with van der Waals surface area (Å²) in [5.74, 6) is 1.03. The molecule has 0 unspecified atom stereocenters. The third-order valence-electron chi connectivity index (χ3n) is 3.55. The van der Waals surface area contributed by atoms with E-state index in [1.807, 2.05) is 0 Å². The van der Waals surface area contributed by atoms with Gasteiger partial charge in [0.05, 0.1) is 0 Å². The maximum Gasteiger partial charge on any atom is 0.221 e. The summed E-state index contributed by atoms with van der Waals surface area (Å²) in [6.45, 7) is 2.70. The number of rotatable bonds is 6. The Hall–Kier alpha value is -0.570. The van der Waals surface area contributed by atoms with E-state index in [1.165, 1.54) is 32.1 Å². The van der Waals surface area contributed by atoms with Crippen molar-refractivity contribution in [1.82, 2.24) is 5.32 Å². The summed E-state index contributed by atoms with van der Waals surface area (Å²) in [7, 11) is 0. The van der Waals surface area contributed by atoms with Crippen LogP contribution in [-0.4, -0.2) is 18.5 Å². The van der Waals surface area contributed by atoms with Gasteiger partial charge < -0.3 is 11.1 Å². The number of hydrogen-bond acceptors (Lipinski definition) is 2. The van der Waals surface area contributed by atoms with E-state index in [-0.39, 0.29) is 5.91 Å². The molecule has 0 bridgehead atoms. The van der Waals surface area contributed by atoms with Crippen molar-refractivity contribution in [2.75, 3.05) is 6.54 Å². The van der Waals surface area contributed by atoms with Gasteiger partial charge in [0, 0.05) is 19.0 Å². The van der Waals surface area contributed by atoms with Gasteiger partial charge in [0.1, 0.15) is 0 Å². The lowest BCUT2D eigenvalue weighted by molar-refractivity contribution is -0.121. The largest absolute Gasteiger partial charge is 0.353 e. The zero-order valence-electron chi connectivity index (χ0n) is 10.5. The van der Waals surface area contributed by atoms with Gasteiger partial charge in [-0.3, -0.25) is 4.79 Å². The van der Waals surface area contributed by atoms with Crippen molar-refractivity contribution in [3.63, 3.8) is 0 Å². The lowest BCUT2D eigenvalue weighted by Crippen LogP contribution is -2.38. The lowest BCUT2D eigenvalue weighted by atomic mass is 9.83. The molecule has 1 amide bonds. The number of unbranched alkanes of at least 4 members (excludes halogenated alkanes) is 1. The Bertz CT molecular complexity index is 198. The second kappa shape index (κ2) is 7.66. The van der Waals surface area contributed by atoms with Crippen LogP contribution in [0.15, 0.2) is 0 Å². The first-order valence-electron chi connectivity index (χ1n) is 6.75. The van der Waals surface area contributed by atoms with Gasteiger partial charge in [0.25, 0.3) is 0 Å². The molecule has 0 aliphatic heterocycles. The van der Waals surface area contributed by atoms with E-state index in [1.54, 1.807) is 0 Å². The molecule has 0 radical (unpaired) electrons. The molecule has 1 fully saturated rings. The van der Waals surface area contributed by atoms with Crippen LogP contribution in [0.25, 0.3) is 0 Å². The monoisotopic (exact) mass is 226 g/mol. The molecular formula is C13H26N2O. The number of hydrogen-bond donors (Lipinski definition) is 2. The zero-order valence-corrected chi connectivity index (χ0v) is 10.5. The molecule has 0 aromatic carbocycles. The fourth-order valence-electron chi connectivity index (χ4n) is 2.52. The molecule has 1 saturated carbocycles. The molecule has 0 aromatic heterocycles. The minimum absolute atomic E-state index is 0.125. The number of carbonyl (C=O) groups is 1. The van der Waals surface area contributed by atoms with Crippen LogP contribution < -0.4 is 11.1 Å². The van der Waals surface area contributed by atoms with E-state index in [0.29, 0.717) is 19.0 Å². The summed E-state index contributed by atoms with van der Waals surface area (Å²) in [6, 6.07) is 0.414. The minimum atomic E-state index is 0.125. The highest BCUT2D eigenvalue weighted by Crippen LogP contribution is 2.28. The fraction of sp³-hybridized carbons (Fsp3) is 0.923. The predicted octanol–water partition coefficient (Wildman–Crippen LogP) is 2.20. The summed E-state index contributed by atoms with van der Waals surface area (Å²) in [5, 5.41) is 3.08. The average molecular weight is 226 g/mol. The van der Waals surface area contributed by atoms with Gasteiger partial charge in [0.15, 0.2) is 0 Å².